The van der Waals surface area contributed by atoms with E-state index < -0.39 is 0 Å². The van der Waals surface area contributed by atoms with Crippen molar-refractivity contribution in [1.82, 2.24) is 10.6 Å². The third kappa shape index (κ3) is 2.15. The van der Waals surface area contributed by atoms with Gasteiger partial charge in [0.15, 0.2) is 0 Å². The molecule has 3 atom stereocenters. The topological polar surface area (TPSA) is 44.3 Å². The van der Waals surface area contributed by atoms with Crippen molar-refractivity contribution in [3.63, 3.8) is 0 Å². The normalized spacial score (nSPS) is 37.9. The summed E-state index contributed by atoms with van der Waals surface area (Å²) in [7, 11) is 3.87. The molecule has 11 heavy (non-hydrogen) atoms. The second kappa shape index (κ2) is 4.04. The number of aliphatic hydroxyl groups is 1. The lowest BCUT2D eigenvalue weighted by atomic mass is 10.1. The zero-order valence-corrected chi connectivity index (χ0v) is 7.30. The summed E-state index contributed by atoms with van der Waals surface area (Å²) in [4.78, 5) is 0. The second-order valence-electron chi connectivity index (χ2n) is 3.36. The number of nitrogens with one attached hydrogen (secondary N) is 2. The molecule has 0 amide bonds. The van der Waals surface area contributed by atoms with Crippen LogP contribution >= 0.6 is 0 Å². The Morgan fingerprint density at radius 1 is 1.36 bits per heavy atom. The largest absolute Gasteiger partial charge is 0.391 e. The molecule has 3 nitrogen and oxygen atoms in total. The third-order valence-electron chi connectivity index (χ3n) is 2.49. The summed E-state index contributed by atoms with van der Waals surface area (Å²) in [6, 6.07) is 0.313. The van der Waals surface area contributed by atoms with Gasteiger partial charge >= 0.3 is 0 Å². The fraction of sp³-hybridized carbons (Fsp3) is 1.00. The Morgan fingerprint density at radius 2 is 2.09 bits per heavy atom. The van der Waals surface area contributed by atoms with Crippen LogP contribution in [0.1, 0.15) is 12.8 Å². The Labute approximate surface area is 68.2 Å². The van der Waals surface area contributed by atoms with Crippen LogP contribution in [-0.2, 0) is 0 Å². The van der Waals surface area contributed by atoms with Gasteiger partial charge in [-0.15, -0.1) is 0 Å². The van der Waals surface area contributed by atoms with Crippen LogP contribution in [0.25, 0.3) is 0 Å². The molecule has 1 aliphatic carbocycles. The lowest BCUT2D eigenvalue weighted by molar-refractivity contribution is 0.150. The zero-order valence-electron chi connectivity index (χ0n) is 7.30. The first-order valence-electron chi connectivity index (χ1n) is 4.28. The van der Waals surface area contributed by atoms with Gasteiger partial charge in [0.1, 0.15) is 0 Å². The number of hydrogen-bond donors (Lipinski definition) is 3. The molecular formula is C8H18N2O. The molecule has 0 spiro atoms. The Balaban J connectivity index is 2.30. The Bertz CT molecular complexity index is 119. The minimum absolute atomic E-state index is 0.140. The molecule has 3 N–H and O–H groups in total. The van der Waals surface area contributed by atoms with Crippen LogP contribution in [0, 0.1) is 5.92 Å². The first-order chi connectivity index (χ1) is 5.27. The van der Waals surface area contributed by atoms with Gasteiger partial charge < -0.3 is 15.7 Å². The smallest absolute Gasteiger partial charge is 0.0696 e. The molecular weight excluding hydrogens is 140 g/mol. The molecule has 3 heteroatoms. The Kier molecular flexibility index (Phi) is 3.30. The van der Waals surface area contributed by atoms with E-state index in [-0.39, 0.29) is 6.10 Å². The van der Waals surface area contributed by atoms with Crippen LogP contribution in [0.15, 0.2) is 0 Å². The summed E-state index contributed by atoms with van der Waals surface area (Å²) in [5.41, 5.74) is 0. The van der Waals surface area contributed by atoms with E-state index in [9.17, 15) is 5.11 Å². The van der Waals surface area contributed by atoms with Gasteiger partial charge in [-0.25, -0.2) is 0 Å². The van der Waals surface area contributed by atoms with E-state index in [1.165, 1.54) is 0 Å². The third-order valence-corrected chi connectivity index (χ3v) is 2.49. The monoisotopic (exact) mass is 158 g/mol. The average molecular weight is 158 g/mol. The van der Waals surface area contributed by atoms with Gasteiger partial charge in [0.25, 0.3) is 0 Å². The van der Waals surface area contributed by atoms with Crippen LogP contribution in [0.3, 0.4) is 0 Å². The van der Waals surface area contributed by atoms with Crippen LogP contribution in [0.5, 0.6) is 0 Å². The molecule has 0 aromatic rings. The van der Waals surface area contributed by atoms with E-state index >= 15 is 0 Å². The fourth-order valence-electron chi connectivity index (χ4n) is 1.88. The highest BCUT2D eigenvalue weighted by Gasteiger charge is 2.30. The maximum absolute atomic E-state index is 9.50. The number of hydrogen-bond acceptors (Lipinski definition) is 3. The summed E-state index contributed by atoms with van der Waals surface area (Å²) in [5.74, 6) is 0.646. The molecule has 0 aliphatic heterocycles. The van der Waals surface area contributed by atoms with Crippen molar-refractivity contribution in [2.24, 2.45) is 5.92 Å². The lowest BCUT2D eigenvalue weighted by Crippen LogP contribution is -2.32. The molecule has 0 aromatic heterocycles. The van der Waals surface area contributed by atoms with E-state index in [0.29, 0.717) is 12.0 Å². The van der Waals surface area contributed by atoms with Crippen molar-refractivity contribution in [2.75, 3.05) is 20.6 Å². The molecule has 0 radical (unpaired) electrons. The van der Waals surface area contributed by atoms with Gasteiger partial charge in [-0.3, -0.25) is 0 Å². The highest BCUT2D eigenvalue weighted by molar-refractivity contribution is 4.87. The SMILES string of the molecule is CNC[C@@H]1C[C@H](O)[C@H](NC)C1. The summed E-state index contributed by atoms with van der Waals surface area (Å²) < 4.78 is 0. The second-order valence-corrected chi connectivity index (χ2v) is 3.36. The van der Waals surface area contributed by atoms with E-state index in [2.05, 4.69) is 10.6 Å². The van der Waals surface area contributed by atoms with Crippen molar-refractivity contribution in [3.8, 4) is 0 Å². The van der Waals surface area contributed by atoms with Crippen molar-refractivity contribution < 1.29 is 5.11 Å². The predicted molar refractivity (Wildman–Crippen MR) is 45.5 cm³/mol. The molecule has 66 valence electrons. The van der Waals surface area contributed by atoms with Gasteiger partial charge in [0, 0.05) is 6.04 Å². The highest BCUT2D eigenvalue weighted by Crippen LogP contribution is 2.24. The van der Waals surface area contributed by atoms with Crippen molar-refractivity contribution >= 4 is 0 Å². The minimum Gasteiger partial charge on any atom is -0.391 e. The summed E-state index contributed by atoms with van der Waals surface area (Å²) >= 11 is 0. The van der Waals surface area contributed by atoms with Crippen molar-refractivity contribution in [1.29, 1.82) is 0 Å². The first-order valence-corrected chi connectivity index (χ1v) is 4.28. The molecule has 0 aromatic carbocycles. The van der Waals surface area contributed by atoms with E-state index in [0.717, 1.165) is 19.4 Å². The standard InChI is InChI=1S/C8H18N2O/c1-9-5-6-3-7(10-2)8(11)4-6/h6-11H,3-5H2,1-2H3/t6-,7+,8-/m0/s1. The first kappa shape index (κ1) is 8.97. The summed E-state index contributed by atoms with van der Waals surface area (Å²) in [5, 5.41) is 15.8. The molecule has 0 bridgehead atoms. The van der Waals surface area contributed by atoms with Crippen LogP contribution in [0.2, 0.25) is 0 Å². The van der Waals surface area contributed by atoms with Gasteiger partial charge in [-0.2, -0.15) is 0 Å². The Hall–Kier alpha value is -0.120. The summed E-state index contributed by atoms with van der Waals surface area (Å²) in [6.45, 7) is 1.02. The zero-order chi connectivity index (χ0) is 8.27. The molecule has 0 heterocycles. The van der Waals surface area contributed by atoms with Crippen LogP contribution in [-0.4, -0.2) is 37.9 Å². The van der Waals surface area contributed by atoms with Crippen LogP contribution in [0.4, 0.5) is 0 Å². The highest BCUT2D eigenvalue weighted by atomic mass is 16.3. The predicted octanol–water partition coefficient (Wildman–Crippen LogP) is -0.435. The lowest BCUT2D eigenvalue weighted by Gasteiger charge is -2.11. The fourth-order valence-corrected chi connectivity index (χ4v) is 1.88. The van der Waals surface area contributed by atoms with Crippen molar-refractivity contribution in [2.45, 2.75) is 25.0 Å². The number of aliphatic hydroxyl groups excluding tert-OH is 1. The molecule has 1 rings (SSSR count). The maximum Gasteiger partial charge on any atom is 0.0696 e. The van der Waals surface area contributed by atoms with E-state index in [1.54, 1.807) is 0 Å². The molecule has 1 aliphatic rings. The molecule has 1 fully saturated rings. The quantitative estimate of drug-likeness (QED) is 0.522. The Morgan fingerprint density at radius 3 is 2.55 bits per heavy atom. The number of likely N-dealkylation sites (N-methyl/N-ethyl adjacent to an activating group) is 1. The average Bonchev–Trinajstić information content (AvgIpc) is 2.32. The molecule has 1 saturated carbocycles. The van der Waals surface area contributed by atoms with Gasteiger partial charge in [-0.1, -0.05) is 0 Å². The van der Waals surface area contributed by atoms with Gasteiger partial charge in [0.2, 0.25) is 0 Å². The van der Waals surface area contributed by atoms with Crippen LogP contribution < -0.4 is 10.6 Å². The van der Waals surface area contributed by atoms with Gasteiger partial charge in [-0.05, 0) is 39.4 Å². The van der Waals surface area contributed by atoms with E-state index in [4.69, 9.17) is 0 Å². The minimum atomic E-state index is -0.140. The molecule has 0 saturated heterocycles. The van der Waals surface area contributed by atoms with Crippen molar-refractivity contribution in [3.05, 3.63) is 0 Å². The van der Waals surface area contributed by atoms with E-state index in [1.807, 2.05) is 14.1 Å². The number of rotatable bonds is 3. The summed E-state index contributed by atoms with van der Waals surface area (Å²) in [6.07, 6.45) is 1.89. The maximum atomic E-state index is 9.50. The van der Waals surface area contributed by atoms with Gasteiger partial charge in [0.05, 0.1) is 6.10 Å². The molecule has 0 unspecified atom stereocenters.